The molecule has 4 fully saturated rings. The minimum atomic E-state index is -2.82. The van der Waals surface area contributed by atoms with E-state index in [0.29, 0.717) is 22.4 Å². The molecular formula is C49H67NO13Si2. The van der Waals surface area contributed by atoms with Gasteiger partial charge in [0.2, 0.25) is 0 Å². The van der Waals surface area contributed by atoms with Crippen LogP contribution in [0.1, 0.15) is 97.1 Å². The van der Waals surface area contributed by atoms with Crippen molar-refractivity contribution in [1.29, 1.82) is 0 Å². The van der Waals surface area contributed by atoms with Crippen molar-refractivity contribution < 1.29 is 61.6 Å². The molecular weight excluding hydrogens is 867 g/mol. The number of alkyl carbamates (subject to hydrolysis) is 1. The van der Waals surface area contributed by atoms with Gasteiger partial charge in [-0.15, -0.1) is 0 Å². The fraction of sp³-hybridized carbons (Fsp3) is 0.612. The Labute approximate surface area is 384 Å². The second kappa shape index (κ2) is 16.8. The van der Waals surface area contributed by atoms with Crippen LogP contribution in [0, 0.1) is 22.7 Å². The molecule has 2 unspecified atom stereocenters. The molecule has 16 heteroatoms. The quantitative estimate of drug-likeness (QED) is 0.115. The molecule has 0 radical (unpaired) electrons. The van der Waals surface area contributed by atoms with Crippen LogP contribution >= 0.6 is 0 Å². The molecule has 5 aliphatic rings. The van der Waals surface area contributed by atoms with Crippen LogP contribution in [0.25, 0.3) is 0 Å². The maximum Gasteiger partial charge on any atom is 0.408 e. The zero-order chi connectivity index (χ0) is 47.9. The highest BCUT2D eigenvalue weighted by Crippen LogP contribution is 2.65. The van der Waals surface area contributed by atoms with Gasteiger partial charge in [0.05, 0.1) is 41.6 Å². The van der Waals surface area contributed by atoms with E-state index in [1.807, 2.05) is 6.07 Å². The largest absolute Gasteiger partial charge is 0.457 e. The number of amides is 1. The molecule has 2 aliphatic heterocycles. The van der Waals surface area contributed by atoms with E-state index in [4.69, 9.17) is 32.5 Å². The van der Waals surface area contributed by atoms with E-state index in [0.717, 1.165) is 0 Å². The third-order valence-electron chi connectivity index (χ3n) is 14.6. The molecule has 0 spiro atoms. The van der Waals surface area contributed by atoms with E-state index >= 15 is 4.79 Å². The molecule has 2 saturated heterocycles. The first-order valence-corrected chi connectivity index (χ1v) is 29.0. The van der Waals surface area contributed by atoms with Gasteiger partial charge in [0, 0.05) is 25.2 Å². The molecule has 4 bridgehead atoms. The Hall–Kier alpha value is -4.20. The highest BCUT2D eigenvalue weighted by atomic mass is 28.4. The van der Waals surface area contributed by atoms with Crippen molar-refractivity contribution in [2.45, 2.75) is 160 Å². The molecule has 7 rings (SSSR count). The van der Waals surface area contributed by atoms with Crippen LogP contribution in [0.4, 0.5) is 4.79 Å². The second-order valence-electron chi connectivity index (χ2n) is 21.8. The van der Waals surface area contributed by atoms with E-state index in [-0.39, 0.29) is 30.8 Å². The first kappa shape index (κ1) is 48.7. The number of carbonyl (C=O) groups is 5. The van der Waals surface area contributed by atoms with Gasteiger partial charge in [0.15, 0.2) is 28.0 Å². The fourth-order valence-electron chi connectivity index (χ4n) is 11.8. The summed E-state index contributed by atoms with van der Waals surface area (Å²) >= 11 is 0. The van der Waals surface area contributed by atoms with Gasteiger partial charge < -0.3 is 43.0 Å². The predicted octanol–water partition coefficient (Wildman–Crippen LogP) is 7.55. The summed E-state index contributed by atoms with van der Waals surface area (Å²) in [5.74, 6) is -4.72. The smallest absolute Gasteiger partial charge is 0.408 e. The van der Waals surface area contributed by atoms with Gasteiger partial charge in [-0.2, -0.15) is 0 Å². The number of rotatable bonds is 8. The number of aliphatic hydroxyl groups is 1. The van der Waals surface area contributed by atoms with Crippen molar-refractivity contribution >= 4 is 46.4 Å². The lowest BCUT2D eigenvalue weighted by Crippen LogP contribution is -2.82. The summed E-state index contributed by atoms with van der Waals surface area (Å²) in [4.78, 5) is 72.2. The first-order valence-electron chi connectivity index (χ1n) is 22.7. The number of Topliss-reactive ketones (excluding diaryl/α,β-unsaturated/α-hetero) is 1. The summed E-state index contributed by atoms with van der Waals surface area (Å²) in [6.07, 6.45) is -6.43. The molecule has 65 heavy (non-hydrogen) atoms. The zero-order valence-corrected chi connectivity index (χ0v) is 42.1. The Morgan fingerprint density at radius 2 is 1.49 bits per heavy atom. The number of ether oxygens (including phenoxy) is 5. The molecule has 1 amide bonds. The summed E-state index contributed by atoms with van der Waals surface area (Å²) in [5, 5.41) is 17.0. The number of benzene rings is 2. The third-order valence-corrected chi connectivity index (χ3v) is 23.2. The van der Waals surface area contributed by atoms with Gasteiger partial charge in [-0.25, -0.2) is 9.59 Å². The number of nitrogens with one attached hydrogen (secondary N) is 1. The van der Waals surface area contributed by atoms with Gasteiger partial charge in [0.25, 0.3) is 0 Å². The highest BCUT2D eigenvalue weighted by molar-refractivity contribution is 6.89. The summed E-state index contributed by atoms with van der Waals surface area (Å²) < 4.78 is 45.9. The molecule has 11 atom stereocenters. The van der Waals surface area contributed by atoms with Gasteiger partial charge in [-0.3, -0.25) is 14.4 Å². The predicted molar refractivity (Wildman–Crippen MR) is 244 cm³/mol. The number of hydrogen-bond acceptors (Lipinski definition) is 13. The number of esters is 3. The molecule has 14 nitrogen and oxygen atoms in total. The van der Waals surface area contributed by atoms with Crippen molar-refractivity contribution in [2.24, 2.45) is 22.7 Å². The molecule has 2 aromatic carbocycles. The van der Waals surface area contributed by atoms with E-state index in [1.165, 1.54) is 6.92 Å². The van der Waals surface area contributed by atoms with Crippen molar-refractivity contribution in [3.8, 4) is 0 Å². The Bertz CT molecular complexity index is 2240. The summed E-state index contributed by atoms with van der Waals surface area (Å²) in [5.41, 5.74) is -5.13. The summed E-state index contributed by atoms with van der Waals surface area (Å²) in [6.45, 7) is 23.5. The number of carbonyl (C=O) groups excluding carboxylic acids is 5. The zero-order valence-electron chi connectivity index (χ0n) is 40.1. The lowest BCUT2D eigenvalue weighted by molar-refractivity contribution is -0.344. The molecule has 0 aromatic heterocycles. The summed E-state index contributed by atoms with van der Waals surface area (Å²) in [6, 6.07) is 16.5. The Morgan fingerprint density at radius 1 is 0.892 bits per heavy atom. The SMILES string of the molecule is CC(=O)O[C@@]12CO[C@@H]1C[C@@H]1O[Si](C)(C)C[Si](C)(C)O[C@H]3C(=O)[C@@]1(C)C2C(OC(=O)c1ccccc1)[C@]1(O)C[C@H](OC(=O)[C@H](C)[C@@H](NC(=O)OC(C)(C)C)c2ccccc2)C(C)=C3C1(C)C. The van der Waals surface area contributed by atoms with Crippen LogP contribution in [0.2, 0.25) is 31.9 Å². The van der Waals surface area contributed by atoms with E-state index in [2.05, 4.69) is 31.5 Å². The topological polar surface area (TPSA) is 182 Å². The average molecular weight is 934 g/mol. The van der Waals surface area contributed by atoms with Crippen molar-refractivity contribution in [1.82, 2.24) is 5.32 Å². The lowest BCUT2D eigenvalue weighted by Gasteiger charge is -2.68. The maximum atomic E-state index is 16.3. The fourth-order valence-corrected chi connectivity index (χ4v) is 22.6. The van der Waals surface area contributed by atoms with Gasteiger partial charge in [-0.05, 0) is 102 Å². The number of hydrogen-bond donors (Lipinski definition) is 2. The van der Waals surface area contributed by atoms with Gasteiger partial charge in [0.1, 0.15) is 35.6 Å². The van der Waals surface area contributed by atoms with Crippen LogP contribution in [-0.4, -0.2) is 105 Å². The van der Waals surface area contributed by atoms with Crippen LogP contribution in [0.5, 0.6) is 0 Å². The number of ketones is 1. The molecule has 2 N–H and O–H groups in total. The lowest BCUT2D eigenvalue weighted by atomic mass is 9.44. The molecule has 354 valence electrons. The van der Waals surface area contributed by atoms with Crippen LogP contribution in [-0.2, 0) is 46.9 Å². The third kappa shape index (κ3) is 8.67. The van der Waals surface area contributed by atoms with E-state index in [9.17, 15) is 24.3 Å². The monoisotopic (exact) mass is 933 g/mol. The molecule has 2 saturated carbocycles. The van der Waals surface area contributed by atoms with Gasteiger partial charge in [-0.1, -0.05) is 62.4 Å². The normalized spacial score (nSPS) is 34.2. The first-order chi connectivity index (χ1) is 30.1. The summed E-state index contributed by atoms with van der Waals surface area (Å²) in [7, 11) is -5.49. The second-order valence-corrected chi connectivity index (χ2v) is 30.7. The van der Waals surface area contributed by atoms with Crippen LogP contribution < -0.4 is 5.32 Å². The standard InChI is InChI=1S/C49H67NO13Si2/c1-28-33(58-42(53)29(2)37(31-20-16-14-17-21-31)50-44(55)61-45(4,5)6)25-49(56)41(59-43(54)32-22-18-15-19-23-32)39-47(9)34(24-35-48(39,26-57-35)60-30(3)51)62-64(10,11)27-65(12,13)63-38(40(47)52)36(28)46(49,7)8/h14-23,29,33-35,37-39,41,56H,24-27H2,1-13H3,(H,50,55)/t29-,33+,34+,35-,37-,38-,39?,41?,47-,48+,49-/m1/s1. The molecule has 2 heterocycles. The minimum absolute atomic E-state index is 0.136. The van der Waals surface area contributed by atoms with E-state index in [1.54, 1.807) is 110 Å². The van der Waals surface area contributed by atoms with Crippen LogP contribution in [0.3, 0.4) is 0 Å². The van der Waals surface area contributed by atoms with Crippen molar-refractivity contribution in [2.75, 3.05) is 6.61 Å². The Kier molecular flexibility index (Phi) is 12.6. The van der Waals surface area contributed by atoms with Crippen molar-refractivity contribution in [3.05, 3.63) is 82.9 Å². The number of fused-ring (bicyclic) bond motifs is 6. The van der Waals surface area contributed by atoms with E-state index < -0.39 is 117 Å². The Morgan fingerprint density at radius 3 is 2.06 bits per heavy atom. The maximum absolute atomic E-state index is 16.3. The van der Waals surface area contributed by atoms with Crippen LogP contribution in [0.15, 0.2) is 71.8 Å². The highest BCUT2D eigenvalue weighted by Gasteiger charge is 2.79. The molecule has 2 aromatic rings. The average Bonchev–Trinajstić information content (AvgIpc) is 3.21. The van der Waals surface area contributed by atoms with Crippen molar-refractivity contribution in [3.63, 3.8) is 0 Å². The minimum Gasteiger partial charge on any atom is -0.457 e. The van der Waals surface area contributed by atoms with Gasteiger partial charge >= 0.3 is 24.0 Å². The molecule has 3 aliphatic carbocycles. The Balaban J connectivity index is 1.44.